The maximum atomic E-state index is 12.6. The van der Waals surface area contributed by atoms with Crippen molar-refractivity contribution in [3.63, 3.8) is 0 Å². The average Bonchev–Trinajstić information content (AvgIpc) is 3.20. The number of carbonyl (C=O) groups excluding carboxylic acids is 1. The molecule has 1 aromatic heterocycles. The number of fused-ring (bicyclic) bond motifs is 1. The minimum absolute atomic E-state index is 0.0318. The lowest BCUT2D eigenvalue weighted by molar-refractivity contribution is -0.119. The van der Waals surface area contributed by atoms with Crippen LogP contribution in [-0.4, -0.2) is 26.4 Å². The quantitative estimate of drug-likeness (QED) is 0.449. The highest BCUT2D eigenvalue weighted by atomic mass is 32.2. The van der Waals surface area contributed by atoms with Crippen molar-refractivity contribution in [2.75, 3.05) is 5.75 Å². The van der Waals surface area contributed by atoms with Crippen LogP contribution >= 0.6 is 11.8 Å². The Morgan fingerprint density at radius 3 is 2.73 bits per heavy atom. The third kappa shape index (κ3) is 4.24. The highest BCUT2D eigenvalue weighted by molar-refractivity contribution is 7.99. The Labute approximate surface area is 180 Å². The Hall–Kier alpha value is -3.12. The Bertz CT molecular complexity index is 1200. The van der Waals surface area contributed by atoms with Gasteiger partial charge < -0.3 is 5.32 Å². The number of aryl methyl sites for hydroxylation is 2. The van der Waals surface area contributed by atoms with E-state index < -0.39 is 0 Å². The van der Waals surface area contributed by atoms with E-state index in [1.807, 2.05) is 29.7 Å². The van der Waals surface area contributed by atoms with E-state index >= 15 is 0 Å². The number of rotatable bonds is 6. The topological polar surface area (TPSA) is 59.8 Å². The maximum absolute atomic E-state index is 12.6. The van der Waals surface area contributed by atoms with Crippen LogP contribution in [0.1, 0.15) is 29.7 Å². The molecule has 1 atom stereocenters. The fraction of sp³-hybridized carbons (Fsp3) is 0.208. The molecular weight excluding hydrogens is 392 g/mol. The fourth-order valence-electron chi connectivity index (χ4n) is 3.68. The van der Waals surface area contributed by atoms with E-state index in [4.69, 9.17) is 0 Å². The largest absolute Gasteiger partial charge is 0.349 e. The summed E-state index contributed by atoms with van der Waals surface area (Å²) in [6.07, 6.45) is 1.69. The van der Waals surface area contributed by atoms with Gasteiger partial charge in [0, 0.05) is 0 Å². The monoisotopic (exact) mass is 416 g/mol. The van der Waals surface area contributed by atoms with Gasteiger partial charge in [0.15, 0.2) is 5.16 Å². The molecule has 0 spiro atoms. The second-order valence-corrected chi connectivity index (χ2v) is 8.36. The Balaban J connectivity index is 1.44. The Kier molecular flexibility index (Phi) is 5.86. The van der Waals surface area contributed by atoms with Gasteiger partial charge in [0.05, 0.1) is 17.5 Å². The summed E-state index contributed by atoms with van der Waals surface area (Å²) in [6, 6.07) is 20.6. The Morgan fingerprint density at radius 2 is 1.90 bits per heavy atom. The van der Waals surface area contributed by atoms with Gasteiger partial charge in [0.25, 0.3) is 0 Å². The number of thioether (sulfide) groups is 1. The van der Waals surface area contributed by atoms with Crippen LogP contribution in [0.4, 0.5) is 0 Å². The van der Waals surface area contributed by atoms with E-state index in [0.29, 0.717) is 5.16 Å². The van der Waals surface area contributed by atoms with Crippen molar-refractivity contribution in [3.05, 3.63) is 83.7 Å². The van der Waals surface area contributed by atoms with Gasteiger partial charge in [-0.15, -0.1) is 10.2 Å². The van der Waals surface area contributed by atoms with Crippen LogP contribution in [-0.2, 0) is 4.79 Å². The second kappa shape index (κ2) is 8.71. The predicted molar refractivity (Wildman–Crippen MR) is 122 cm³/mol. The summed E-state index contributed by atoms with van der Waals surface area (Å²) < 4.78 is 1.93. The minimum Gasteiger partial charge on any atom is -0.349 e. The average molecular weight is 417 g/mol. The molecule has 6 heteroatoms. The molecule has 0 aliphatic carbocycles. The van der Waals surface area contributed by atoms with Crippen LogP contribution < -0.4 is 5.32 Å². The lowest BCUT2D eigenvalue weighted by Crippen LogP contribution is -2.28. The molecule has 0 unspecified atom stereocenters. The molecule has 30 heavy (non-hydrogen) atoms. The number of carbonyl (C=O) groups is 1. The summed E-state index contributed by atoms with van der Waals surface area (Å²) in [4.78, 5) is 12.6. The third-order valence-electron chi connectivity index (χ3n) is 5.13. The highest BCUT2D eigenvalue weighted by Crippen LogP contribution is 2.25. The molecule has 4 aromatic rings. The molecule has 1 heterocycles. The van der Waals surface area contributed by atoms with Crippen LogP contribution in [0.2, 0.25) is 0 Å². The van der Waals surface area contributed by atoms with Gasteiger partial charge in [0.2, 0.25) is 5.91 Å². The van der Waals surface area contributed by atoms with E-state index in [1.165, 1.54) is 22.7 Å². The van der Waals surface area contributed by atoms with E-state index in [1.54, 1.807) is 6.33 Å². The van der Waals surface area contributed by atoms with E-state index in [2.05, 4.69) is 71.8 Å². The van der Waals surface area contributed by atoms with E-state index in [9.17, 15) is 4.79 Å². The molecule has 0 aliphatic rings. The molecule has 0 saturated carbocycles. The van der Waals surface area contributed by atoms with Crippen LogP contribution in [0.15, 0.2) is 72.1 Å². The summed E-state index contributed by atoms with van der Waals surface area (Å²) in [5.41, 5.74) is 4.49. The van der Waals surface area contributed by atoms with Crippen molar-refractivity contribution in [2.45, 2.75) is 32.0 Å². The highest BCUT2D eigenvalue weighted by Gasteiger charge is 2.15. The van der Waals surface area contributed by atoms with Gasteiger partial charge >= 0.3 is 0 Å². The minimum atomic E-state index is -0.0820. The zero-order chi connectivity index (χ0) is 21.1. The van der Waals surface area contributed by atoms with Crippen molar-refractivity contribution in [1.29, 1.82) is 0 Å². The number of aromatic nitrogens is 3. The second-order valence-electron chi connectivity index (χ2n) is 7.42. The van der Waals surface area contributed by atoms with Gasteiger partial charge in [-0.3, -0.25) is 9.36 Å². The normalized spacial score (nSPS) is 12.1. The van der Waals surface area contributed by atoms with Gasteiger partial charge in [0.1, 0.15) is 6.33 Å². The molecule has 1 amide bonds. The van der Waals surface area contributed by atoms with Crippen LogP contribution in [0.25, 0.3) is 16.5 Å². The van der Waals surface area contributed by atoms with Crippen LogP contribution in [0, 0.1) is 13.8 Å². The molecule has 0 aliphatic heterocycles. The van der Waals surface area contributed by atoms with Gasteiger partial charge in [-0.25, -0.2) is 0 Å². The third-order valence-corrected chi connectivity index (χ3v) is 6.07. The van der Waals surface area contributed by atoms with Gasteiger partial charge in [-0.05, 0) is 48.7 Å². The smallest absolute Gasteiger partial charge is 0.230 e. The van der Waals surface area contributed by atoms with Crippen molar-refractivity contribution in [3.8, 4) is 5.69 Å². The number of amides is 1. The lowest BCUT2D eigenvalue weighted by atomic mass is 10.00. The summed E-state index contributed by atoms with van der Waals surface area (Å²) in [7, 11) is 0. The zero-order valence-corrected chi connectivity index (χ0v) is 18.1. The first-order chi connectivity index (χ1) is 14.5. The zero-order valence-electron chi connectivity index (χ0n) is 17.3. The number of nitrogens with zero attached hydrogens (tertiary/aromatic N) is 3. The molecule has 152 valence electrons. The fourth-order valence-corrected chi connectivity index (χ4v) is 4.42. The van der Waals surface area contributed by atoms with E-state index in [0.717, 1.165) is 22.2 Å². The van der Waals surface area contributed by atoms with Gasteiger partial charge in [-0.2, -0.15) is 0 Å². The molecule has 0 fully saturated rings. The number of hydrogen-bond donors (Lipinski definition) is 1. The van der Waals surface area contributed by atoms with Crippen LogP contribution in [0.5, 0.6) is 0 Å². The van der Waals surface area contributed by atoms with Crippen LogP contribution in [0.3, 0.4) is 0 Å². The molecular formula is C24H24N4OS. The van der Waals surface area contributed by atoms with E-state index in [-0.39, 0.29) is 17.7 Å². The first-order valence-corrected chi connectivity index (χ1v) is 10.9. The molecule has 5 nitrogen and oxygen atoms in total. The van der Waals surface area contributed by atoms with Crippen molar-refractivity contribution in [1.82, 2.24) is 20.1 Å². The summed E-state index contributed by atoms with van der Waals surface area (Å²) in [5.74, 6) is 0.245. The van der Waals surface area contributed by atoms with Crippen molar-refractivity contribution >= 4 is 28.4 Å². The Morgan fingerprint density at radius 1 is 1.10 bits per heavy atom. The van der Waals surface area contributed by atoms with Crippen molar-refractivity contribution in [2.24, 2.45) is 0 Å². The molecule has 4 rings (SSSR count). The maximum Gasteiger partial charge on any atom is 0.230 e. The first kappa shape index (κ1) is 20.2. The molecule has 1 N–H and O–H groups in total. The molecule has 0 saturated heterocycles. The van der Waals surface area contributed by atoms with Crippen molar-refractivity contribution < 1.29 is 4.79 Å². The SMILES string of the molecule is Cc1ccc(-n2cnnc2SCC(=O)N[C@@H](C)c2cccc3ccccc23)c(C)c1. The van der Waals surface area contributed by atoms with Gasteiger partial charge in [-0.1, -0.05) is 71.9 Å². The number of nitrogens with one attached hydrogen (secondary N) is 1. The number of benzene rings is 3. The molecule has 0 radical (unpaired) electrons. The summed E-state index contributed by atoms with van der Waals surface area (Å²) in [6.45, 7) is 6.15. The molecule has 3 aromatic carbocycles. The predicted octanol–water partition coefficient (Wildman–Crippen LogP) is 5.01. The standard InChI is InChI=1S/C24H24N4OS/c1-16-11-12-22(17(2)13-16)28-15-25-27-24(28)30-14-23(29)26-18(3)20-10-6-8-19-7-4-5-9-21(19)20/h4-13,15,18H,14H2,1-3H3,(H,26,29)/t18-/m0/s1. The summed E-state index contributed by atoms with van der Waals surface area (Å²) in [5, 5.41) is 14.4. The summed E-state index contributed by atoms with van der Waals surface area (Å²) >= 11 is 1.39. The number of hydrogen-bond acceptors (Lipinski definition) is 4. The lowest BCUT2D eigenvalue weighted by Gasteiger charge is -2.16. The first-order valence-electron chi connectivity index (χ1n) is 9.90. The molecule has 0 bridgehead atoms.